The molecule has 1 N–H and O–H groups in total. The van der Waals surface area contributed by atoms with Gasteiger partial charge in [-0.15, -0.1) is 0 Å². The van der Waals surface area contributed by atoms with Crippen molar-refractivity contribution in [1.82, 2.24) is 10.2 Å². The molecule has 1 saturated heterocycles. The molecule has 2 rings (SSSR count). The number of rotatable bonds is 5. The molecule has 1 unspecified atom stereocenters. The molecule has 0 bridgehead atoms. The molecule has 1 fully saturated rings. The summed E-state index contributed by atoms with van der Waals surface area (Å²) < 4.78 is 0. The lowest BCUT2D eigenvalue weighted by atomic mass is 9.92. The third kappa shape index (κ3) is 3.83. The van der Waals surface area contributed by atoms with E-state index in [1.807, 2.05) is 18.0 Å². The van der Waals surface area contributed by atoms with Crippen LogP contribution in [-0.2, 0) is 4.79 Å². The number of hydrogen-bond donors (Lipinski definition) is 1. The maximum Gasteiger partial charge on any atom is 0.223 e. The van der Waals surface area contributed by atoms with Crippen LogP contribution in [0.4, 0.5) is 0 Å². The Hall–Kier alpha value is -1.35. The van der Waals surface area contributed by atoms with Crippen LogP contribution in [0.2, 0.25) is 0 Å². The second-order valence-corrected chi connectivity index (χ2v) is 5.71. The third-order valence-electron chi connectivity index (χ3n) is 4.43. The number of amides is 1. The normalized spacial score (nSPS) is 17.7. The molecule has 0 aromatic heterocycles. The van der Waals surface area contributed by atoms with Crippen LogP contribution in [0.15, 0.2) is 30.3 Å². The van der Waals surface area contributed by atoms with Crippen LogP contribution in [0.5, 0.6) is 0 Å². The molecule has 110 valence electrons. The summed E-state index contributed by atoms with van der Waals surface area (Å²) in [5.41, 5.74) is 1.28. The van der Waals surface area contributed by atoms with Gasteiger partial charge in [-0.3, -0.25) is 4.79 Å². The number of carbonyl (C=O) groups excluding carboxylic acids is 1. The van der Waals surface area contributed by atoms with Gasteiger partial charge < -0.3 is 10.2 Å². The van der Waals surface area contributed by atoms with Crippen molar-refractivity contribution >= 4 is 5.91 Å². The zero-order chi connectivity index (χ0) is 14.4. The number of carbonyl (C=O) groups is 1. The van der Waals surface area contributed by atoms with Crippen molar-refractivity contribution in [3.05, 3.63) is 35.9 Å². The van der Waals surface area contributed by atoms with Crippen molar-refractivity contribution in [3.63, 3.8) is 0 Å². The van der Waals surface area contributed by atoms with Crippen molar-refractivity contribution in [1.29, 1.82) is 0 Å². The van der Waals surface area contributed by atoms with Gasteiger partial charge in [-0.1, -0.05) is 37.3 Å². The second kappa shape index (κ2) is 7.44. The van der Waals surface area contributed by atoms with Crippen LogP contribution in [0, 0.1) is 0 Å². The van der Waals surface area contributed by atoms with E-state index in [4.69, 9.17) is 0 Å². The summed E-state index contributed by atoms with van der Waals surface area (Å²) in [4.78, 5) is 14.5. The molecule has 0 saturated carbocycles. The van der Waals surface area contributed by atoms with Gasteiger partial charge in [-0.25, -0.2) is 0 Å². The maximum atomic E-state index is 12.5. The van der Waals surface area contributed by atoms with Gasteiger partial charge in [0.15, 0.2) is 0 Å². The minimum absolute atomic E-state index is 0.285. The molecule has 1 aliphatic heterocycles. The van der Waals surface area contributed by atoms with E-state index in [1.54, 1.807) is 0 Å². The monoisotopic (exact) mass is 274 g/mol. The fourth-order valence-corrected chi connectivity index (χ4v) is 2.98. The molecule has 3 nitrogen and oxygen atoms in total. The van der Waals surface area contributed by atoms with Gasteiger partial charge in [0.2, 0.25) is 5.91 Å². The largest absolute Gasteiger partial charge is 0.343 e. The fourth-order valence-electron chi connectivity index (χ4n) is 2.98. The maximum absolute atomic E-state index is 12.5. The Balaban J connectivity index is 1.94. The molecule has 0 radical (unpaired) electrons. The molecule has 1 aromatic rings. The average Bonchev–Trinajstić information content (AvgIpc) is 2.53. The van der Waals surface area contributed by atoms with Crippen LogP contribution in [0.25, 0.3) is 0 Å². The molecule has 1 aliphatic rings. The van der Waals surface area contributed by atoms with Gasteiger partial charge in [0.05, 0.1) is 0 Å². The van der Waals surface area contributed by atoms with E-state index in [0.29, 0.717) is 18.4 Å². The zero-order valence-corrected chi connectivity index (χ0v) is 12.6. The van der Waals surface area contributed by atoms with Crippen molar-refractivity contribution in [2.75, 3.05) is 20.1 Å². The molecule has 0 aliphatic carbocycles. The lowest BCUT2D eigenvalue weighted by Crippen LogP contribution is -2.44. The van der Waals surface area contributed by atoms with Crippen molar-refractivity contribution in [2.24, 2.45) is 0 Å². The highest BCUT2D eigenvalue weighted by atomic mass is 16.2. The van der Waals surface area contributed by atoms with Crippen LogP contribution in [0.1, 0.15) is 44.1 Å². The van der Waals surface area contributed by atoms with Crippen LogP contribution >= 0.6 is 0 Å². The highest BCUT2D eigenvalue weighted by Crippen LogP contribution is 2.24. The number of benzene rings is 1. The molecule has 1 atom stereocenters. The van der Waals surface area contributed by atoms with Gasteiger partial charge in [0.1, 0.15) is 0 Å². The first-order valence-corrected chi connectivity index (χ1v) is 7.73. The Labute approximate surface area is 122 Å². The summed E-state index contributed by atoms with van der Waals surface area (Å²) in [6.07, 6.45) is 3.78. The Kier molecular flexibility index (Phi) is 5.60. The summed E-state index contributed by atoms with van der Waals surface area (Å²) in [6, 6.07) is 10.8. The highest BCUT2D eigenvalue weighted by molar-refractivity contribution is 5.77. The van der Waals surface area contributed by atoms with Crippen LogP contribution in [-0.4, -0.2) is 37.0 Å². The van der Waals surface area contributed by atoms with Crippen LogP contribution in [0.3, 0.4) is 0 Å². The van der Waals surface area contributed by atoms with Gasteiger partial charge >= 0.3 is 0 Å². The molecular weight excluding hydrogens is 248 g/mol. The van der Waals surface area contributed by atoms with Crippen molar-refractivity contribution < 1.29 is 4.79 Å². The summed E-state index contributed by atoms with van der Waals surface area (Å²) in [6.45, 7) is 4.21. The molecule has 3 heteroatoms. The van der Waals surface area contributed by atoms with Gasteiger partial charge in [0.25, 0.3) is 0 Å². The van der Waals surface area contributed by atoms with E-state index >= 15 is 0 Å². The van der Waals surface area contributed by atoms with Crippen LogP contribution < -0.4 is 5.32 Å². The molecule has 1 amide bonds. The SMILES string of the molecule is CCC(CC(=O)N(C)C1CCNCC1)c1ccccc1. The molecule has 1 aromatic carbocycles. The standard InChI is InChI=1S/C17H26N2O/c1-3-14(15-7-5-4-6-8-15)13-17(20)19(2)16-9-11-18-12-10-16/h4-8,14,16,18H,3,9-13H2,1-2H3. The highest BCUT2D eigenvalue weighted by Gasteiger charge is 2.24. The smallest absolute Gasteiger partial charge is 0.223 e. The third-order valence-corrected chi connectivity index (χ3v) is 4.43. The Bertz CT molecular complexity index is 412. The summed E-state index contributed by atoms with van der Waals surface area (Å²) in [5, 5.41) is 3.35. The predicted octanol–water partition coefficient (Wildman–Crippen LogP) is 2.78. The fraction of sp³-hybridized carbons (Fsp3) is 0.588. The lowest BCUT2D eigenvalue weighted by molar-refractivity contribution is -0.132. The lowest BCUT2D eigenvalue weighted by Gasteiger charge is -2.32. The first kappa shape index (κ1) is 15.0. The number of nitrogens with one attached hydrogen (secondary N) is 1. The van der Waals surface area contributed by atoms with Gasteiger partial charge in [0, 0.05) is 19.5 Å². The number of nitrogens with zero attached hydrogens (tertiary/aromatic N) is 1. The minimum atomic E-state index is 0.285. The average molecular weight is 274 g/mol. The predicted molar refractivity (Wildman–Crippen MR) is 82.8 cm³/mol. The summed E-state index contributed by atoms with van der Waals surface area (Å²) in [5.74, 6) is 0.625. The summed E-state index contributed by atoms with van der Waals surface area (Å²) >= 11 is 0. The number of hydrogen-bond acceptors (Lipinski definition) is 2. The van der Waals surface area contributed by atoms with E-state index in [9.17, 15) is 4.79 Å². The van der Waals surface area contributed by atoms with Gasteiger partial charge in [-0.05, 0) is 43.8 Å². The number of piperidine rings is 1. The van der Waals surface area contributed by atoms with E-state index in [0.717, 1.165) is 32.4 Å². The Morgan fingerprint density at radius 2 is 1.95 bits per heavy atom. The Morgan fingerprint density at radius 1 is 1.30 bits per heavy atom. The van der Waals surface area contributed by atoms with E-state index in [1.165, 1.54) is 5.56 Å². The van der Waals surface area contributed by atoms with Crippen molar-refractivity contribution in [3.8, 4) is 0 Å². The van der Waals surface area contributed by atoms with E-state index < -0.39 is 0 Å². The summed E-state index contributed by atoms with van der Waals surface area (Å²) in [7, 11) is 1.97. The quantitative estimate of drug-likeness (QED) is 0.895. The minimum Gasteiger partial charge on any atom is -0.343 e. The van der Waals surface area contributed by atoms with Crippen molar-refractivity contribution in [2.45, 2.75) is 44.6 Å². The first-order valence-electron chi connectivity index (χ1n) is 7.73. The molecule has 1 heterocycles. The van der Waals surface area contributed by atoms with E-state index in [2.05, 4.69) is 36.5 Å². The first-order chi connectivity index (χ1) is 9.72. The van der Waals surface area contributed by atoms with Gasteiger partial charge in [-0.2, -0.15) is 0 Å². The van der Waals surface area contributed by atoms with E-state index in [-0.39, 0.29) is 5.91 Å². The molecular formula is C17H26N2O. The Morgan fingerprint density at radius 3 is 2.55 bits per heavy atom. The molecule has 0 spiro atoms. The zero-order valence-electron chi connectivity index (χ0n) is 12.6. The second-order valence-electron chi connectivity index (χ2n) is 5.71. The molecule has 20 heavy (non-hydrogen) atoms. The topological polar surface area (TPSA) is 32.3 Å².